The van der Waals surface area contributed by atoms with E-state index >= 15 is 0 Å². The second kappa shape index (κ2) is 6.77. The standard InChI is InChI=1S/C13H12FN3O2S2/c1-7(18)9-3-4-11(10(14)5-9)20-6-12(19)15-13-17-16-8(2)21-13/h3-5H,6H2,1-2H3,(H,15,17,19). The smallest absolute Gasteiger partial charge is 0.236 e. The number of nitrogens with zero attached hydrogens (tertiary/aromatic N) is 2. The van der Waals surface area contributed by atoms with Crippen molar-refractivity contribution in [1.29, 1.82) is 0 Å². The number of hydrogen-bond donors (Lipinski definition) is 1. The molecule has 1 aromatic carbocycles. The summed E-state index contributed by atoms with van der Waals surface area (Å²) in [6.45, 7) is 3.16. The number of Topliss-reactive ketones (excluding diaryl/α,β-unsaturated/α-hetero) is 1. The van der Waals surface area contributed by atoms with E-state index in [4.69, 9.17) is 0 Å². The van der Waals surface area contributed by atoms with E-state index in [0.717, 1.165) is 16.8 Å². The summed E-state index contributed by atoms with van der Waals surface area (Å²) in [5.41, 5.74) is 0.311. The molecule has 1 aromatic heterocycles. The van der Waals surface area contributed by atoms with E-state index in [2.05, 4.69) is 15.5 Å². The highest BCUT2D eigenvalue weighted by molar-refractivity contribution is 8.00. The van der Waals surface area contributed by atoms with Gasteiger partial charge < -0.3 is 0 Å². The maximum Gasteiger partial charge on any atom is 0.236 e. The number of thioether (sulfide) groups is 1. The Bertz CT molecular complexity index is 688. The molecule has 0 bridgehead atoms. The molecule has 0 saturated carbocycles. The largest absolute Gasteiger partial charge is 0.300 e. The third-order valence-corrected chi connectivity index (χ3v) is 4.27. The molecule has 0 aliphatic rings. The van der Waals surface area contributed by atoms with Crippen LogP contribution in [0.25, 0.3) is 0 Å². The highest BCUT2D eigenvalue weighted by Crippen LogP contribution is 2.23. The molecule has 8 heteroatoms. The van der Waals surface area contributed by atoms with E-state index < -0.39 is 5.82 Å². The molecule has 1 N–H and O–H groups in total. The van der Waals surface area contributed by atoms with Crippen molar-refractivity contribution in [2.24, 2.45) is 0 Å². The van der Waals surface area contributed by atoms with Gasteiger partial charge in [-0.1, -0.05) is 17.4 Å². The van der Waals surface area contributed by atoms with Crippen molar-refractivity contribution in [3.05, 3.63) is 34.6 Å². The van der Waals surface area contributed by atoms with Crippen LogP contribution < -0.4 is 5.32 Å². The molecule has 0 radical (unpaired) electrons. The van der Waals surface area contributed by atoms with Crippen LogP contribution in [0.2, 0.25) is 0 Å². The first-order valence-electron chi connectivity index (χ1n) is 5.99. The van der Waals surface area contributed by atoms with Gasteiger partial charge in [0.05, 0.1) is 5.75 Å². The van der Waals surface area contributed by atoms with Gasteiger partial charge >= 0.3 is 0 Å². The van der Waals surface area contributed by atoms with Gasteiger partial charge in [0.25, 0.3) is 0 Å². The van der Waals surface area contributed by atoms with Crippen molar-refractivity contribution in [3.63, 3.8) is 0 Å². The lowest BCUT2D eigenvalue weighted by Gasteiger charge is -2.04. The lowest BCUT2D eigenvalue weighted by atomic mass is 10.1. The van der Waals surface area contributed by atoms with Gasteiger partial charge in [-0.05, 0) is 26.0 Å². The van der Waals surface area contributed by atoms with Gasteiger partial charge in [0.2, 0.25) is 11.0 Å². The summed E-state index contributed by atoms with van der Waals surface area (Å²) in [7, 11) is 0. The molecule has 0 fully saturated rings. The van der Waals surface area contributed by atoms with Crippen LogP contribution in [-0.4, -0.2) is 27.6 Å². The number of hydrogen-bond acceptors (Lipinski definition) is 6. The van der Waals surface area contributed by atoms with Crippen LogP contribution in [0.15, 0.2) is 23.1 Å². The third kappa shape index (κ3) is 4.33. The number of amides is 1. The Morgan fingerprint density at radius 2 is 2.14 bits per heavy atom. The number of aryl methyl sites for hydroxylation is 1. The number of benzene rings is 1. The maximum absolute atomic E-state index is 13.8. The van der Waals surface area contributed by atoms with E-state index in [0.29, 0.717) is 15.6 Å². The average Bonchev–Trinajstić information content (AvgIpc) is 2.82. The van der Waals surface area contributed by atoms with Crippen molar-refractivity contribution in [3.8, 4) is 0 Å². The predicted octanol–water partition coefficient (Wildman–Crippen LogP) is 2.92. The van der Waals surface area contributed by atoms with Gasteiger partial charge in [-0.15, -0.1) is 22.0 Å². The Balaban J connectivity index is 1.93. The van der Waals surface area contributed by atoms with Crippen LogP contribution in [0.5, 0.6) is 0 Å². The number of halogens is 1. The fourth-order valence-electron chi connectivity index (χ4n) is 1.48. The molecule has 0 saturated heterocycles. The number of nitrogens with one attached hydrogen (secondary N) is 1. The number of rotatable bonds is 5. The van der Waals surface area contributed by atoms with Gasteiger partial charge in [-0.25, -0.2) is 4.39 Å². The summed E-state index contributed by atoms with van der Waals surface area (Å²) in [6, 6.07) is 4.22. The molecule has 21 heavy (non-hydrogen) atoms. The molecule has 5 nitrogen and oxygen atoms in total. The zero-order valence-electron chi connectivity index (χ0n) is 11.3. The lowest BCUT2D eigenvalue weighted by Crippen LogP contribution is -2.14. The number of ketones is 1. The van der Waals surface area contributed by atoms with Crippen LogP contribution in [0.1, 0.15) is 22.3 Å². The monoisotopic (exact) mass is 325 g/mol. The Morgan fingerprint density at radius 3 is 2.71 bits per heavy atom. The van der Waals surface area contributed by atoms with Crippen molar-refractivity contribution in [1.82, 2.24) is 10.2 Å². The molecular weight excluding hydrogens is 313 g/mol. The van der Waals surface area contributed by atoms with Gasteiger partial charge in [0.1, 0.15) is 10.8 Å². The van der Waals surface area contributed by atoms with Crippen molar-refractivity contribution in [2.75, 3.05) is 11.1 Å². The first-order valence-corrected chi connectivity index (χ1v) is 7.79. The first kappa shape index (κ1) is 15.6. The highest BCUT2D eigenvalue weighted by atomic mass is 32.2. The number of carbonyl (C=O) groups is 2. The fraction of sp³-hybridized carbons (Fsp3) is 0.231. The van der Waals surface area contributed by atoms with Crippen molar-refractivity contribution < 1.29 is 14.0 Å². The zero-order chi connectivity index (χ0) is 15.4. The number of aromatic nitrogens is 2. The molecule has 0 aliphatic carbocycles. The second-order valence-electron chi connectivity index (χ2n) is 4.16. The topological polar surface area (TPSA) is 72.0 Å². The normalized spacial score (nSPS) is 10.4. The molecule has 0 unspecified atom stereocenters. The molecule has 2 rings (SSSR count). The van der Waals surface area contributed by atoms with E-state index in [1.165, 1.54) is 30.4 Å². The Hall–Kier alpha value is -1.80. The van der Waals surface area contributed by atoms with Gasteiger partial charge in [0.15, 0.2) is 5.78 Å². The number of anilines is 1. The maximum atomic E-state index is 13.8. The van der Waals surface area contributed by atoms with E-state index in [-0.39, 0.29) is 17.4 Å². The molecular formula is C13H12FN3O2S2. The Morgan fingerprint density at radius 1 is 1.38 bits per heavy atom. The lowest BCUT2D eigenvalue weighted by molar-refractivity contribution is -0.113. The zero-order valence-corrected chi connectivity index (χ0v) is 13.0. The SMILES string of the molecule is CC(=O)c1ccc(SCC(=O)Nc2nnc(C)s2)c(F)c1. The predicted molar refractivity (Wildman–Crippen MR) is 80.4 cm³/mol. The molecule has 0 atom stereocenters. The molecule has 1 amide bonds. The van der Waals surface area contributed by atoms with Gasteiger partial charge in [-0.2, -0.15) is 0 Å². The Labute approximate surface area is 129 Å². The highest BCUT2D eigenvalue weighted by Gasteiger charge is 2.11. The molecule has 1 heterocycles. The van der Waals surface area contributed by atoms with E-state index in [9.17, 15) is 14.0 Å². The third-order valence-electron chi connectivity index (χ3n) is 2.47. The van der Waals surface area contributed by atoms with Crippen LogP contribution in [0.4, 0.5) is 9.52 Å². The summed E-state index contributed by atoms with van der Waals surface area (Å²) in [5.74, 6) is -0.942. The second-order valence-corrected chi connectivity index (χ2v) is 6.36. The molecule has 110 valence electrons. The molecule has 2 aromatic rings. The fourth-order valence-corrected chi connectivity index (χ4v) is 2.81. The minimum Gasteiger partial charge on any atom is -0.300 e. The van der Waals surface area contributed by atoms with Crippen LogP contribution in [-0.2, 0) is 4.79 Å². The number of carbonyl (C=O) groups excluding carboxylic acids is 2. The molecule has 0 spiro atoms. The minimum atomic E-state index is -0.507. The van der Waals surface area contributed by atoms with Crippen molar-refractivity contribution in [2.45, 2.75) is 18.7 Å². The summed E-state index contributed by atoms with van der Waals surface area (Å²) < 4.78 is 13.8. The molecule has 0 aliphatic heterocycles. The summed E-state index contributed by atoms with van der Waals surface area (Å²) >= 11 is 2.33. The Kier molecular flexibility index (Phi) is 5.03. The van der Waals surface area contributed by atoms with E-state index in [1.54, 1.807) is 13.0 Å². The first-order chi connectivity index (χ1) is 9.95. The summed E-state index contributed by atoms with van der Waals surface area (Å²) in [6.07, 6.45) is 0. The van der Waals surface area contributed by atoms with Gasteiger partial charge in [-0.3, -0.25) is 14.9 Å². The van der Waals surface area contributed by atoms with E-state index in [1.807, 2.05) is 0 Å². The van der Waals surface area contributed by atoms with Crippen LogP contribution >= 0.6 is 23.1 Å². The van der Waals surface area contributed by atoms with Crippen molar-refractivity contribution >= 4 is 39.9 Å². The summed E-state index contributed by atoms with van der Waals surface area (Å²) in [5, 5.41) is 11.3. The minimum absolute atomic E-state index is 0.0506. The average molecular weight is 325 g/mol. The van der Waals surface area contributed by atoms with Crippen LogP contribution in [0.3, 0.4) is 0 Å². The van der Waals surface area contributed by atoms with Crippen LogP contribution in [0, 0.1) is 12.7 Å². The quantitative estimate of drug-likeness (QED) is 0.676. The summed E-state index contributed by atoms with van der Waals surface area (Å²) in [4.78, 5) is 23.2. The van der Waals surface area contributed by atoms with Gasteiger partial charge in [0, 0.05) is 10.5 Å².